The van der Waals surface area contributed by atoms with Gasteiger partial charge in [-0.15, -0.1) is 13.2 Å². The molecule has 0 bridgehead atoms. The fourth-order valence-corrected chi connectivity index (χ4v) is 2.43. The molecular formula is C11H10BrF3INO3. The molecule has 4 nitrogen and oxygen atoms in total. The first-order valence-electron chi connectivity index (χ1n) is 5.42. The maximum absolute atomic E-state index is 12.4. The van der Waals surface area contributed by atoms with E-state index in [-0.39, 0.29) is 22.3 Å². The molecule has 0 amide bonds. The van der Waals surface area contributed by atoms with Crippen LogP contribution in [-0.4, -0.2) is 23.9 Å². The summed E-state index contributed by atoms with van der Waals surface area (Å²) in [6.45, 7) is 1.75. The second-order valence-electron chi connectivity index (χ2n) is 3.53. The van der Waals surface area contributed by atoms with E-state index < -0.39 is 18.1 Å². The number of halogens is 5. The lowest BCUT2D eigenvalue weighted by Crippen LogP contribution is -2.21. The molecule has 0 aromatic carbocycles. The van der Waals surface area contributed by atoms with Gasteiger partial charge in [-0.3, -0.25) is 9.78 Å². The van der Waals surface area contributed by atoms with Crippen LogP contribution in [0.1, 0.15) is 18.3 Å². The van der Waals surface area contributed by atoms with Crippen LogP contribution in [0.3, 0.4) is 0 Å². The molecule has 1 aromatic rings. The van der Waals surface area contributed by atoms with Gasteiger partial charge in [-0.2, -0.15) is 0 Å². The lowest BCUT2D eigenvalue weighted by Gasteiger charge is -2.15. The number of carbonyl (C=O) groups is 1. The largest absolute Gasteiger partial charge is 0.573 e. The monoisotopic (exact) mass is 467 g/mol. The van der Waals surface area contributed by atoms with Crippen LogP contribution in [0.25, 0.3) is 0 Å². The van der Waals surface area contributed by atoms with Gasteiger partial charge in [0.25, 0.3) is 0 Å². The van der Waals surface area contributed by atoms with E-state index in [0.717, 1.165) is 0 Å². The quantitative estimate of drug-likeness (QED) is 0.377. The lowest BCUT2D eigenvalue weighted by molar-refractivity contribution is -0.275. The SMILES string of the molecule is CCOC(=O)Cc1nc(CBr)cc(I)c1OC(F)(F)F. The van der Waals surface area contributed by atoms with E-state index in [0.29, 0.717) is 11.0 Å². The summed E-state index contributed by atoms with van der Waals surface area (Å²) in [4.78, 5) is 15.4. The van der Waals surface area contributed by atoms with Gasteiger partial charge in [-0.05, 0) is 35.6 Å². The highest BCUT2D eigenvalue weighted by Gasteiger charge is 2.34. The third-order valence-corrected chi connectivity index (χ3v) is 3.40. The normalized spacial score (nSPS) is 11.3. The molecule has 1 rings (SSSR count). The molecular weight excluding hydrogens is 458 g/mol. The second-order valence-corrected chi connectivity index (χ2v) is 5.26. The maximum Gasteiger partial charge on any atom is 0.573 e. The van der Waals surface area contributed by atoms with Crippen molar-refractivity contribution in [3.63, 3.8) is 0 Å². The predicted molar refractivity (Wildman–Crippen MR) is 76.6 cm³/mol. The van der Waals surface area contributed by atoms with Gasteiger partial charge in [0.2, 0.25) is 0 Å². The molecule has 0 radical (unpaired) electrons. The summed E-state index contributed by atoms with van der Waals surface area (Å²) in [5.74, 6) is -1.12. The first-order chi connectivity index (χ1) is 9.26. The van der Waals surface area contributed by atoms with Crippen LogP contribution in [0.15, 0.2) is 6.07 Å². The number of ether oxygens (including phenoxy) is 2. The number of hydrogen-bond donors (Lipinski definition) is 0. The summed E-state index contributed by atoms with van der Waals surface area (Å²) >= 11 is 4.87. The van der Waals surface area contributed by atoms with Crippen molar-refractivity contribution in [3.05, 3.63) is 21.0 Å². The van der Waals surface area contributed by atoms with Crippen molar-refractivity contribution >= 4 is 44.5 Å². The summed E-state index contributed by atoms with van der Waals surface area (Å²) in [7, 11) is 0. The second kappa shape index (κ2) is 7.43. The first kappa shape index (κ1) is 17.5. The Morgan fingerprint density at radius 1 is 1.50 bits per heavy atom. The van der Waals surface area contributed by atoms with Gasteiger partial charge in [-0.25, -0.2) is 0 Å². The van der Waals surface area contributed by atoms with Crippen LogP contribution >= 0.6 is 38.5 Å². The molecule has 0 aliphatic carbocycles. The zero-order chi connectivity index (χ0) is 15.3. The minimum atomic E-state index is -4.85. The summed E-state index contributed by atoms with van der Waals surface area (Å²) in [5.41, 5.74) is 0.408. The Morgan fingerprint density at radius 2 is 2.15 bits per heavy atom. The Morgan fingerprint density at radius 3 is 2.65 bits per heavy atom. The number of alkyl halides is 4. The number of hydrogen-bond acceptors (Lipinski definition) is 4. The first-order valence-corrected chi connectivity index (χ1v) is 7.62. The highest BCUT2D eigenvalue weighted by atomic mass is 127. The standard InChI is InChI=1S/C11H10BrF3INO3/c1-2-19-9(18)4-8-10(20-11(13,14)15)7(16)3-6(5-12)17-8/h3H,2,4-5H2,1H3. The van der Waals surface area contributed by atoms with Crippen molar-refractivity contribution in [3.8, 4) is 5.75 Å². The van der Waals surface area contributed by atoms with E-state index in [4.69, 9.17) is 4.74 Å². The Balaban J connectivity index is 3.15. The number of esters is 1. The zero-order valence-corrected chi connectivity index (χ0v) is 14.0. The van der Waals surface area contributed by atoms with Gasteiger partial charge in [0, 0.05) is 5.33 Å². The molecule has 1 aromatic heterocycles. The van der Waals surface area contributed by atoms with Crippen molar-refractivity contribution in [2.24, 2.45) is 0 Å². The summed E-state index contributed by atoms with van der Waals surface area (Å²) < 4.78 is 46.1. The van der Waals surface area contributed by atoms with Gasteiger partial charge in [0.15, 0.2) is 5.75 Å². The highest BCUT2D eigenvalue weighted by Crippen LogP contribution is 2.31. The van der Waals surface area contributed by atoms with Gasteiger partial charge in [0.1, 0.15) is 0 Å². The van der Waals surface area contributed by atoms with E-state index in [1.165, 1.54) is 6.07 Å². The highest BCUT2D eigenvalue weighted by molar-refractivity contribution is 14.1. The Labute approximate surface area is 135 Å². The molecule has 0 unspecified atom stereocenters. The third kappa shape index (κ3) is 5.43. The lowest BCUT2D eigenvalue weighted by atomic mass is 10.2. The average molecular weight is 468 g/mol. The fraction of sp³-hybridized carbons (Fsp3) is 0.455. The van der Waals surface area contributed by atoms with E-state index in [1.54, 1.807) is 29.5 Å². The number of carbonyl (C=O) groups excluding carboxylic acids is 1. The van der Waals surface area contributed by atoms with Crippen LogP contribution in [0.4, 0.5) is 13.2 Å². The number of pyridine rings is 1. The van der Waals surface area contributed by atoms with E-state index >= 15 is 0 Å². The van der Waals surface area contributed by atoms with E-state index in [2.05, 4.69) is 25.7 Å². The topological polar surface area (TPSA) is 48.4 Å². The molecule has 0 aliphatic rings. The van der Waals surface area contributed by atoms with Gasteiger partial charge < -0.3 is 9.47 Å². The molecule has 0 fully saturated rings. The number of aromatic nitrogens is 1. The predicted octanol–water partition coefficient (Wildman–Crippen LogP) is 3.59. The van der Waals surface area contributed by atoms with Gasteiger partial charge in [0.05, 0.1) is 28.0 Å². The molecule has 1 heterocycles. The molecule has 0 saturated heterocycles. The smallest absolute Gasteiger partial charge is 0.466 e. The Hall–Kier alpha value is -0.580. The molecule has 0 atom stereocenters. The minimum absolute atomic E-state index is 0.0953. The average Bonchev–Trinajstić information content (AvgIpc) is 2.32. The van der Waals surface area contributed by atoms with E-state index in [1.807, 2.05) is 0 Å². The van der Waals surface area contributed by atoms with Crippen LogP contribution in [0.2, 0.25) is 0 Å². The molecule has 112 valence electrons. The molecule has 0 aliphatic heterocycles. The molecule has 20 heavy (non-hydrogen) atoms. The van der Waals surface area contributed by atoms with Gasteiger partial charge >= 0.3 is 12.3 Å². The Bertz CT molecular complexity index is 497. The molecule has 0 N–H and O–H groups in total. The van der Waals surface area contributed by atoms with Crippen molar-refractivity contribution in [2.75, 3.05) is 6.61 Å². The minimum Gasteiger partial charge on any atom is -0.466 e. The van der Waals surface area contributed by atoms with Crippen molar-refractivity contribution < 1.29 is 27.4 Å². The summed E-state index contributed by atoms with van der Waals surface area (Å²) in [5, 5.41) is 0.352. The molecule has 0 saturated carbocycles. The maximum atomic E-state index is 12.4. The van der Waals surface area contributed by atoms with Crippen molar-refractivity contribution in [2.45, 2.75) is 25.0 Å². The van der Waals surface area contributed by atoms with Crippen LogP contribution in [0.5, 0.6) is 5.75 Å². The van der Waals surface area contributed by atoms with Crippen LogP contribution in [-0.2, 0) is 21.3 Å². The van der Waals surface area contributed by atoms with E-state index in [9.17, 15) is 18.0 Å². The zero-order valence-electron chi connectivity index (χ0n) is 10.3. The molecule has 0 spiro atoms. The number of nitrogens with zero attached hydrogens (tertiary/aromatic N) is 1. The third-order valence-electron chi connectivity index (χ3n) is 2.02. The number of rotatable bonds is 5. The fourth-order valence-electron chi connectivity index (χ4n) is 1.37. The van der Waals surface area contributed by atoms with Crippen LogP contribution in [0, 0.1) is 3.57 Å². The summed E-state index contributed by atoms with van der Waals surface area (Å²) in [6, 6.07) is 1.45. The van der Waals surface area contributed by atoms with Crippen molar-refractivity contribution in [1.29, 1.82) is 0 Å². The van der Waals surface area contributed by atoms with Crippen molar-refractivity contribution in [1.82, 2.24) is 4.98 Å². The van der Waals surface area contributed by atoms with Gasteiger partial charge in [-0.1, -0.05) is 15.9 Å². The molecule has 9 heteroatoms. The van der Waals surface area contributed by atoms with Crippen LogP contribution < -0.4 is 4.74 Å². The summed E-state index contributed by atoms with van der Waals surface area (Å²) in [6.07, 6.45) is -5.23. The Kier molecular flexibility index (Phi) is 6.49.